The minimum atomic E-state index is 0. The standard InChI is InChI=1S/C26H22N6O2.ClH/c1-4-20(11-19-14-27-8-7-16(1)19)32-15-23(29-31-32)26-21-12-17(2-5-22(21)28-30-26)18-3-6-24-25(13-18)34-10-9-33-24;/h1-6,11-13,15,27H,7-10,14H2,(H,28,30);1H. The summed E-state index contributed by atoms with van der Waals surface area (Å²) < 4.78 is 13.2. The lowest BCUT2D eigenvalue weighted by Crippen LogP contribution is -2.23. The van der Waals surface area contributed by atoms with E-state index < -0.39 is 0 Å². The summed E-state index contributed by atoms with van der Waals surface area (Å²) in [6, 6.07) is 18.8. The predicted octanol–water partition coefficient (Wildman–Crippen LogP) is 4.32. The van der Waals surface area contributed by atoms with E-state index in [0.29, 0.717) is 13.2 Å². The molecule has 0 fully saturated rings. The van der Waals surface area contributed by atoms with Gasteiger partial charge in [0.15, 0.2) is 11.5 Å². The molecule has 176 valence electrons. The molecule has 2 N–H and O–H groups in total. The zero-order chi connectivity index (χ0) is 22.5. The van der Waals surface area contributed by atoms with Crippen molar-refractivity contribution in [1.29, 1.82) is 0 Å². The van der Waals surface area contributed by atoms with Gasteiger partial charge in [-0.05, 0) is 71.6 Å². The summed E-state index contributed by atoms with van der Waals surface area (Å²) in [5.41, 5.74) is 8.29. The first-order valence-electron chi connectivity index (χ1n) is 11.5. The molecule has 0 saturated carbocycles. The fourth-order valence-corrected chi connectivity index (χ4v) is 4.72. The van der Waals surface area contributed by atoms with E-state index in [4.69, 9.17) is 9.47 Å². The van der Waals surface area contributed by atoms with Crippen LogP contribution < -0.4 is 14.8 Å². The Hall–Kier alpha value is -3.88. The van der Waals surface area contributed by atoms with Gasteiger partial charge in [0.1, 0.15) is 24.6 Å². The molecule has 7 rings (SSSR count). The summed E-state index contributed by atoms with van der Waals surface area (Å²) >= 11 is 0. The number of hydrogen-bond acceptors (Lipinski definition) is 6. The molecule has 2 aromatic heterocycles. The second kappa shape index (κ2) is 8.72. The van der Waals surface area contributed by atoms with Crippen molar-refractivity contribution >= 4 is 23.3 Å². The van der Waals surface area contributed by atoms with Gasteiger partial charge in [-0.25, -0.2) is 4.68 Å². The Morgan fingerprint density at radius 2 is 1.71 bits per heavy atom. The molecule has 0 aliphatic carbocycles. The molecule has 2 aliphatic heterocycles. The maximum absolute atomic E-state index is 5.76. The van der Waals surface area contributed by atoms with Gasteiger partial charge in [-0.2, -0.15) is 5.10 Å². The van der Waals surface area contributed by atoms with E-state index in [9.17, 15) is 0 Å². The number of rotatable bonds is 3. The van der Waals surface area contributed by atoms with Crippen molar-refractivity contribution in [3.8, 4) is 39.7 Å². The normalized spacial score (nSPS) is 14.4. The van der Waals surface area contributed by atoms with Gasteiger partial charge in [-0.3, -0.25) is 5.10 Å². The number of hydrogen-bond donors (Lipinski definition) is 2. The van der Waals surface area contributed by atoms with E-state index in [-0.39, 0.29) is 12.4 Å². The molecule has 8 nitrogen and oxygen atoms in total. The molecule has 0 bridgehead atoms. The predicted molar refractivity (Wildman–Crippen MR) is 136 cm³/mol. The molecule has 5 aromatic rings. The lowest BCUT2D eigenvalue weighted by atomic mass is 10.0. The first kappa shape index (κ1) is 21.6. The molecule has 0 atom stereocenters. The highest BCUT2D eigenvalue weighted by atomic mass is 35.5. The van der Waals surface area contributed by atoms with E-state index in [1.807, 2.05) is 29.1 Å². The summed E-state index contributed by atoms with van der Waals surface area (Å²) in [6.45, 7) is 3.06. The third kappa shape index (κ3) is 3.80. The SMILES string of the molecule is Cl.c1cc2c(cc1-c1ccc3[nH]nc(-c4cn(-c5ccc6c(c5)CNCC6)nn4)c3c1)OCCO2. The average Bonchev–Trinajstić information content (AvgIpc) is 3.55. The minimum absolute atomic E-state index is 0. The van der Waals surface area contributed by atoms with Crippen LogP contribution in [0.25, 0.3) is 39.1 Å². The van der Waals surface area contributed by atoms with E-state index in [2.05, 4.69) is 62.2 Å². The van der Waals surface area contributed by atoms with Crippen LogP contribution in [0.1, 0.15) is 11.1 Å². The van der Waals surface area contributed by atoms with Crippen LogP contribution in [0.15, 0.2) is 60.8 Å². The maximum atomic E-state index is 5.76. The average molecular weight is 487 g/mol. The van der Waals surface area contributed by atoms with Gasteiger partial charge < -0.3 is 14.8 Å². The molecule has 0 spiro atoms. The van der Waals surface area contributed by atoms with Crippen LogP contribution in [-0.2, 0) is 13.0 Å². The summed E-state index contributed by atoms with van der Waals surface area (Å²) in [5, 5.41) is 20.9. The Balaban J connectivity index is 0.00000229. The first-order chi connectivity index (χ1) is 16.8. The van der Waals surface area contributed by atoms with Crippen LogP contribution in [0.4, 0.5) is 0 Å². The van der Waals surface area contributed by atoms with Gasteiger partial charge >= 0.3 is 0 Å². The zero-order valence-corrected chi connectivity index (χ0v) is 19.6. The molecule has 9 heteroatoms. The van der Waals surface area contributed by atoms with E-state index >= 15 is 0 Å². The molecular formula is C26H23ClN6O2. The van der Waals surface area contributed by atoms with Crippen molar-refractivity contribution < 1.29 is 9.47 Å². The number of H-pyrrole nitrogens is 1. The zero-order valence-electron chi connectivity index (χ0n) is 18.8. The Morgan fingerprint density at radius 1 is 0.857 bits per heavy atom. The van der Waals surface area contributed by atoms with Crippen molar-refractivity contribution in [2.75, 3.05) is 19.8 Å². The lowest BCUT2D eigenvalue weighted by molar-refractivity contribution is 0.171. The van der Waals surface area contributed by atoms with Crippen molar-refractivity contribution in [2.24, 2.45) is 0 Å². The van der Waals surface area contributed by atoms with E-state index in [1.54, 1.807) is 0 Å². The highest BCUT2D eigenvalue weighted by molar-refractivity contribution is 5.95. The van der Waals surface area contributed by atoms with Gasteiger partial charge in [0, 0.05) is 11.9 Å². The second-order valence-electron chi connectivity index (χ2n) is 8.62. The fourth-order valence-electron chi connectivity index (χ4n) is 4.72. The van der Waals surface area contributed by atoms with Gasteiger partial charge in [-0.15, -0.1) is 17.5 Å². The molecule has 3 aromatic carbocycles. The molecule has 0 unspecified atom stereocenters. The van der Waals surface area contributed by atoms with Crippen LogP contribution in [0, 0.1) is 0 Å². The summed E-state index contributed by atoms with van der Waals surface area (Å²) in [4.78, 5) is 0. The van der Waals surface area contributed by atoms with Gasteiger partial charge in [0.25, 0.3) is 0 Å². The third-order valence-electron chi connectivity index (χ3n) is 6.52. The number of ether oxygens (including phenoxy) is 2. The molecule has 0 radical (unpaired) electrons. The third-order valence-corrected chi connectivity index (χ3v) is 6.52. The molecule has 0 saturated heterocycles. The van der Waals surface area contributed by atoms with Gasteiger partial charge in [-0.1, -0.05) is 23.4 Å². The van der Waals surface area contributed by atoms with Crippen LogP contribution in [0.2, 0.25) is 0 Å². The van der Waals surface area contributed by atoms with Crippen molar-refractivity contribution in [1.82, 2.24) is 30.5 Å². The Morgan fingerprint density at radius 3 is 2.66 bits per heavy atom. The van der Waals surface area contributed by atoms with Crippen molar-refractivity contribution in [3.63, 3.8) is 0 Å². The number of halogens is 1. The van der Waals surface area contributed by atoms with Crippen LogP contribution in [0.5, 0.6) is 11.5 Å². The summed E-state index contributed by atoms with van der Waals surface area (Å²) in [5.74, 6) is 1.56. The topological polar surface area (TPSA) is 89.9 Å². The maximum Gasteiger partial charge on any atom is 0.161 e. The highest BCUT2D eigenvalue weighted by Crippen LogP contribution is 2.36. The molecule has 4 heterocycles. The molecule has 35 heavy (non-hydrogen) atoms. The number of aromatic amines is 1. The van der Waals surface area contributed by atoms with Crippen LogP contribution in [0.3, 0.4) is 0 Å². The number of nitrogens with one attached hydrogen (secondary N) is 2. The fraction of sp³-hybridized carbons (Fsp3) is 0.192. The van der Waals surface area contributed by atoms with Gasteiger partial charge in [0.2, 0.25) is 0 Å². The van der Waals surface area contributed by atoms with Crippen molar-refractivity contribution in [2.45, 2.75) is 13.0 Å². The second-order valence-corrected chi connectivity index (χ2v) is 8.62. The summed E-state index contributed by atoms with van der Waals surface area (Å²) in [7, 11) is 0. The molecule has 0 amide bonds. The van der Waals surface area contributed by atoms with E-state index in [1.165, 1.54) is 11.1 Å². The number of fused-ring (bicyclic) bond motifs is 3. The number of benzene rings is 3. The van der Waals surface area contributed by atoms with Crippen LogP contribution >= 0.6 is 12.4 Å². The number of aromatic nitrogens is 5. The Kier molecular flexibility index (Phi) is 5.39. The van der Waals surface area contributed by atoms with Gasteiger partial charge in [0.05, 0.1) is 17.4 Å². The Labute approximate surface area is 207 Å². The van der Waals surface area contributed by atoms with Crippen LogP contribution in [-0.4, -0.2) is 44.9 Å². The van der Waals surface area contributed by atoms with Crippen molar-refractivity contribution in [3.05, 3.63) is 71.9 Å². The summed E-state index contributed by atoms with van der Waals surface area (Å²) in [6.07, 6.45) is 2.99. The monoisotopic (exact) mass is 486 g/mol. The van der Waals surface area contributed by atoms with E-state index in [0.717, 1.165) is 70.1 Å². The smallest absolute Gasteiger partial charge is 0.161 e. The molecule has 2 aliphatic rings. The minimum Gasteiger partial charge on any atom is -0.486 e. The quantitative estimate of drug-likeness (QED) is 0.395. The highest BCUT2D eigenvalue weighted by Gasteiger charge is 2.17. The lowest BCUT2D eigenvalue weighted by Gasteiger charge is -2.19. The first-order valence-corrected chi connectivity index (χ1v) is 11.5. The number of nitrogens with zero attached hydrogens (tertiary/aromatic N) is 4. The largest absolute Gasteiger partial charge is 0.486 e. The Bertz CT molecular complexity index is 1540. The molecular weight excluding hydrogens is 464 g/mol.